The second-order valence-corrected chi connectivity index (χ2v) is 6.54. The number of amides is 1. The average molecular weight is 390 g/mol. The second kappa shape index (κ2) is 7.40. The summed E-state index contributed by atoms with van der Waals surface area (Å²) in [5.41, 5.74) is 9.95. The van der Waals surface area contributed by atoms with Gasteiger partial charge < -0.3 is 10.5 Å². The van der Waals surface area contributed by atoms with Crippen LogP contribution in [-0.4, -0.2) is 23.4 Å². The normalized spacial score (nSPS) is 13.5. The summed E-state index contributed by atoms with van der Waals surface area (Å²) >= 11 is 12.4. The topological polar surface area (TPSA) is 67.9 Å². The van der Waals surface area contributed by atoms with Crippen LogP contribution < -0.4 is 5.73 Å². The summed E-state index contributed by atoms with van der Waals surface area (Å²) in [6, 6.07) is 10.7. The molecule has 134 valence electrons. The molecule has 0 aliphatic carbocycles. The molecule has 2 N–H and O–H groups in total. The summed E-state index contributed by atoms with van der Waals surface area (Å²) in [4.78, 5) is 12.4. The first-order chi connectivity index (χ1) is 12.4. The molecule has 0 saturated carbocycles. The molecular formula is C19H17Cl2N3O2. The number of hydrazone groups is 1. The number of nitrogens with two attached hydrogens (primary N) is 1. The third-order valence-corrected chi connectivity index (χ3v) is 4.59. The standard InChI is InChI=1S/C19H17Cl2N3O2/c1-3-26-19(25)24-11(2)8-13-9-16(20)17(21)10-15(13)18(23-24)12-4-6-14(22)7-5-12/h4-10H,3,22H2,1-2H3. The molecule has 0 fully saturated rings. The summed E-state index contributed by atoms with van der Waals surface area (Å²) in [7, 11) is 0. The fourth-order valence-corrected chi connectivity index (χ4v) is 2.97. The van der Waals surface area contributed by atoms with Crippen LogP contribution in [0.4, 0.5) is 10.5 Å². The number of fused-ring (bicyclic) bond motifs is 1. The van der Waals surface area contributed by atoms with Gasteiger partial charge in [0.05, 0.1) is 22.4 Å². The number of benzene rings is 2. The van der Waals surface area contributed by atoms with E-state index in [0.717, 1.165) is 16.7 Å². The summed E-state index contributed by atoms with van der Waals surface area (Å²) in [6.07, 6.45) is 1.27. The van der Waals surface area contributed by atoms with Gasteiger partial charge in [-0.05, 0) is 49.8 Å². The minimum Gasteiger partial charge on any atom is -0.448 e. The fraction of sp³-hybridized carbons (Fsp3) is 0.158. The van der Waals surface area contributed by atoms with E-state index in [0.29, 0.717) is 27.1 Å². The number of hydrogen-bond acceptors (Lipinski definition) is 4. The molecule has 2 aromatic rings. The maximum absolute atomic E-state index is 12.4. The van der Waals surface area contributed by atoms with Gasteiger partial charge in [0.1, 0.15) is 0 Å². The van der Waals surface area contributed by atoms with E-state index < -0.39 is 6.09 Å². The maximum Gasteiger partial charge on any atom is 0.434 e. The molecule has 1 aliphatic heterocycles. The van der Waals surface area contributed by atoms with E-state index in [1.54, 1.807) is 38.1 Å². The van der Waals surface area contributed by atoms with Crippen molar-refractivity contribution in [2.24, 2.45) is 5.10 Å². The molecule has 0 atom stereocenters. The van der Waals surface area contributed by atoms with E-state index in [-0.39, 0.29) is 6.61 Å². The van der Waals surface area contributed by atoms with Crippen molar-refractivity contribution in [2.75, 3.05) is 12.3 Å². The maximum atomic E-state index is 12.4. The molecular weight excluding hydrogens is 373 g/mol. The number of carbonyl (C=O) groups excluding carboxylic acids is 1. The van der Waals surface area contributed by atoms with Gasteiger partial charge in [-0.3, -0.25) is 0 Å². The molecule has 0 unspecified atom stereocenters. The summed E-state index contributed by atoms with van der Waals surface area (Å²) < 4.78 is 5.12. The number of carbonyl (C=O) groups is 1. The third kappa shape index (κ3) is 3.54. The highest BCUT2D eigenvalue weighted by Gasteiger charge is 2.24. The van der Waals surface area contributed by atoms with Crippen LogP contribution in [0.25, 0.3) is 6.08 Å². The van der Waals surface area contributed by atoms with Crippen molar-refractivity contribution in [3.05, 3.63) is 68.8 Å². The van der Waals surface area contributed by atoms with E-state index >= 15 is 0 Å². The van der Waals surface area contributed by atoms with E-state index in [1.165, 1.54) is 5.01 Å². The molecule has 26 heavy (non-hydrogen) atoms. The molecule has 5 nitrogen and oxygen atoms in total. The monoisotopic (exact) mass is 389 g/mol. The van der Waals surface area contributed by atoms with Crippen LogP contribution in [0.2, 0.25) is 10.0 Å². The van der Waals surface area contributed by atoms with Gasteiger partial charge in [0.25, 0.3) is 0 Å². The Morgan fingerprint density at radius 3 is 2.50 bits per heavy atom. The van der Waals surface area contributed by atoms with E-state index in [2.05, 4.69) is 5.10 Å². The largest absolute Gasteiger partial charge is 0.448 e. The number of ether oxygens (including phenoxy) is 1. The Balaban J connectivity index is 2.24. The first kappa shape index (κ1) is 18.3. The zero-order valence-electron chi connectivity index (χ0n) is 14.3. The minimum atomic E-state index is -0.556. The fourth-order valence-electron chi connectivity index (χ4n) is 2.63. The Bertz CT molecular complexity index is 921. The van der Waals surface area contributed by atoms with E-state index in [1.807, 2.05) is 18.2 Å². The lowest BCUT2D eigenvalue weighted by atomic mass is 9.97. The van der Waals surface area contributed by atoms with Gasteiger partial charge in [-0.25, -0.2) is 4.79 Å². The molecule has 0 radical (unpaired) electrons. The van der Waals surface area contributed by atoms with Gasteiger partial charge in [0, 0.05) is 22.5 Å². The number of anilines is 1. The van der Waals surface area contributed by atoms with Crippen molar-refractivity contribution in [3.63, 3.8) is 0 Å². The van der Waals surface area contributed by atoms with Crippen molar-refractivity contribution in [1.29, 1.82) is 0 Å². The van der Waals surface area contributed by atoms with E-state index in [9.17, 15) is 4.79 Å². The summed E-state index contributed by atoms with van der Waals surface area (Å²) in [5, 5.41) is 6.62. The van der Waals surface area contributed by atoms with Gasteiger partial charge in [0.15, 0.2) is 0 Å². The summed E-state index contributed by atoms with van der Waals surface area (Å²) in [6.45, 7) is 3.77. The van der Waals surface area contributed by atoms with Gasteiger partial charge in [-0.2, -0.15) is 10.1 Å². The smallest absolute Gasteiger partial charge is 0.434 e. The lowest BCUT2D eigenvalue weighted by Gasteiger charge is -2.17. The Kier molecular flexibility index (Phi) is 5.20. The molecule has 0 bridgehead atoms. The number of nitrogens with zero attached hydrogens (tertiary/aromatic N) is 2. The first-order valence-electron chi connectivity index (χ1n) is 7.99. The zero-order chi connectivity index (χ0) is 18.8. The number of rotatable bonds is 2. The Hall–Kier alpha value is -2.50. The van der Waals surface area contributed by atoms with Gasteiger partial charge in [0.2, 0.25) is 0 Å². The van der Waals surface area contributed by atoms with Crippen LogP contribution in [0, 0.1) is 0 Å². The zero-order valence-corrected chi connectivity index (χ0v) is 15.8. The predicted molar refractivity (Wildman–Crippen MR) is 105 cm³/mol. The summed E-state index contributed by atoms with van der Waals surface area (Å²) in [5.74, 6) is 0. The molecule has 3 rings (SSSR count). The Morgan fingerprint density at radius 2 is 1.85 bits per heavy atom. The number of halogens is 2. The quantitative estimate of drug-likeness (QED) is 0.720. The number of hydrogen-bond donors (Lipinski definition) is 1. The first-order valence-corrected chi connectivity index (χ1v) is 8.75. The molecule has 1 amide bonds. The van der Waals surface area contributed by atoms with Crippen molar-refractivity contribution < 1.29 is 9.53 Å². The van der Waals surface area contributed by atoms with Gasteiger partial charge in [-0.1, -0.05) is 35.3 Å². The van der Waals surface area contributed by atoms with Gasteiger partial charge >= 0.3 is 6.09 Å². The number of allylic oxidation sites excluding steroid dienone is 1. The van der Waals surface area contributed by atoms with Crippen LogP contribution in [0.1, 0.15) is 30.5 Å². The van der Waals surface area contributed by atoms with Crippen LogP contribution in [-0.2, 0) is 4.74 Å². The highest BCUT2D eigenvalue weighted by molar-refractivity contribution is 6.42. The Labute approximate surface area is 161 Å². The van der Waals surface area contributed by atoms with Crippen LogP contribution in [0.15, 0.2) is 47.2 Å². The molecule has 1 heterocycles. The third-order valence-electron chi connectivity index (χ3n) is 3.87. The minimum absolute atomic E-state index is 0.250. The van der Waals surface area contributed by atoms with Crippen molar-refractivity contribution >= 4 is 46.8 Å². The number of nitrogen functional groups attached to an aromatic ring is 1. The second-order valence-electron chi connectivity index (χ2n) is 5.72. The lowest BCUT2D eigenvalue weighted by molar-refractivity contribution is 0.120. The molecule has 0 spiro atoms. The molecule has 2 aromatic carbocycles. The average Bonchev–Trinajstić information content (AvgIpc) is 2.73. The van der Waals surface area contributed by atoms with Crippen molar-refractivity contribution in [3.8, 4) is 0 Å². The predicted octanol–water partition coefficient (Wildman–Crippen LogP) is 5.16. The van der Waals surface area contributed by atoms with Crippen molar-refractivity contribution in [2.45, 2.75) is 13.8 Å². The van der Waals surface area contributed by atoms with Crippen LogP contribution in [0.3, 0.4) is 0 Å². The van der Waals surface area contributed by atoms with E-state index in [4.69, 9.17) is 33.7 Å². The molecule has 0 aromatic heterocycles. The van der Waals surface area contributed by atoms with Crippen LogP contribution in [0.5, 0.6) is 0 Å². The SMILES string of the molecule is CCOC(=O)N1N=C(c2ccc(N)cc2)c2cc(Cl)c(Cl)cc2C=C1C. The Morgan fingerprint density at radius 1 is 1.19 bits per heavy atom. The lowest BCUT2D eigenvalue weighted by Crippen LogP contribution is -2.26. The molecule has 7 heteroatoms. The van der Waals surface area contributed by atoms with Crippen LogP contribution >= 0.6 is 23.2 Å². The molecule has 0 saturated heterocycles. The van der Waals surface area contributed by atoms with Crippen molar-refractivity contribution in [1.82, 2.24) is 5.01 Å². The highest BCUT2D eigenvalue weighted by Crippen LogP contribution is 2.32. The molecule has 1 aliphatic rings. The van der Waals surface area contributed by atoms with Gasteiger partial charge in [-0.15, -0.1) is 0 Å². The highest BCUT2D eigenvalue weighted by atomic mass is 35.5.